The number of rotatable bonds is 6. The number of carbonyl (C=O) groups is 3. The fourth-order valence-electron chi connectivity index (χ4n) is 5.78. The maximum atomic E-state index is 16.2. The van der Waals surface area contributed by atoms with Crippen molar-refractivity contribution in [1.29, 1.82) is 0 Å². The number of carbonyl (C=O) groups excluding carboxylic acids is 3. The minimum Gasteiger partial charge on any atom is -0.494 e. The number of hydrogen-bond acceptors (Lipinski definition) is 8. The molecule has 13 nitrogen and oxygen atoms in total. The van der Waals surface area contributed by atoms with E-state index in [4.69, 9.17) is 14.2 Å². The molecule has 1 aliphatic heterocycles. The van der Waals surface area contributed by atoms with Gasteiger partial charge >= 0.3 is 12.2 Å². The monoisotopic (exact) mass is 665 g/mol. The van der Waals surface area contributed by atoms with Crippen molar-refractivity contribution in [2.75, 3.05) is 37.0 Å². The number of aromatic nitrogens is 4. The van der Waals surface area contributed by atoms with E-state index in [1.165, 1.54) is 22.8 Å². The summed E-state index contributed by atoms with van der Waals surface area (Å²) in [5.41, 5.74) is -0.391. The summed E-state index contributed by atoms with van der Waals surface area (Å²) in [6.07, 6.45) is 3.60. The van der Waals surface area contributed by atoms with Gasteiger partial charge in [-0.3, -0.25) is 19.1 Å². The molecule has 1 aliphatic rings. The third-order valence-electron chi connectivity index (χ3n) is 7.87. The summed E-state index contributed by atoms with van der Waals surface area (Å²) in [5, 5.41) is 12.8. The predicted molar refractivity (Wildman–Crippen MR) is 180 cm³/mol. The minimum absolute atomic E-state index is 0.0242. The summed E-state index contributed by atoms with van der Waals surface area (Å²) in [7, 11) is 4.92. The van der Waals surface area contributed by atoms with Gasteiger partial charge in [0.25, 0.3) is 5.91 Å². The molecule has 0 atom stereocenters. The Morgan fingerprint density at radius 2 is 1.60 bits per heavy atom. The summed E-state index contributed by atoms with van der Waals surface area (Å²) in [6.45, 7) is 11.8. The predicted octanol–water partition coefficient (Wildman–Crippen LogP) is 6.25. The van der Waals surface area contributed by atoms with Crippen LogP contribution in [0.1, 0.15) is 64.7 Å². The number of nitrogens with one attached hydrogen (secondary N) is 1. The number of anilines is 2. The van der Waals surface area contributed by atoms with Gasteiger partial charge in [-0.1, -0.05) is 0 Å². The largest absolute Gasteiger partial charge is 0.494 e. The number of methoxy groups -OCH3 is 1. The lowest BCUT2D eigenvalue weighted by Crippen LogP contribution is -2.45. The topological polar surface area (TPSA) is 133 Å². The van der Waals surface area contributed by atoms with Crippen LogP contribution in [0.25, 0.3) is 21.8 Å². The maximum absolute atomic E-state index is 16.2. The SMILES string of the molecule is COc1cc2nn(C)cc2cc1NC(=O)c1c(F)cc(N(CC2CCN(C(=O)OC(C)(C)C)CC2)C(=O)OC(C)(C)C)c2cn(C)nc12. The molecule has 258 valence electrons. The molecule has 2 aromatic carbocycles. The zero-order valence-corrected chi connectivity index (χ0v) is 29.0. The Morgan fingerprint density at radius 3 is 2.23 bits per heavy atom. The number of piperidine rings is 1. The molecule has 48 heavy (non-hydrogen) atoms. The molecule has 2 aromatic heterocycles. The van der Waals surface area contributed by atoms with Crippen LogP contribution < -0.4 is 15.0 Å². The van der Waals surface area contributed by atoms with Crippen LogP contribution in [-0.2, 0) is 23.6 Å². The van der Waals surface area contributed by atoms with Crippen molar-refractivity contribution in [3.63, 3.8) is 0 Å². The molecule has 3 heterocycles. The van der Waals surface area contributed by atoms with E-state index in [2.05, 4.69) is 15.5 Å². The molecule has 0 radical (unpaired) electrons. The minimum atomic E-state index is -0.858. The number of benzene rings is 2. The summed E-state index contributed by atoms with van der Waals surface area (Å²) < 4.78 is 36.1. The lowest BCUT2D eigenvalue weighted by atomic mass is 9.96. The van der Waals surface area contributed by atoms with E-state index in [1.807, 2.05) is 20.8 Å². The Bertz CT molecular complexity index is 1860. The van der Waals surface area contributed by atoms with Gasteiger partial charge in [0.05, 0.1) is 24.0 Å². The Kier molecular flexibility index (Phi) is 9.31. The summed E-state index contributed by atoms with van der Waals surface area (Å²) in [6, 6.07) is 4.58. The van der Waals surface area contributed by atoms with Crippen molar-refractivity contribution in [2.45, 2.75) is 65.6 Å². The smallest absolute Gasteiger partial charge is 0.414 e. The fraction of sp³-hybridized carbons (Fsp3) is 0.500. The van der Waals surface area contributed by atoms with Gasteiger partial charge in [0, 0.05) is 63.0 Å². The second kappa shape index (κ2) is 13.0. The van der Waals surface area contributed by atoms with Crippen LogP contribution in [0.15, 0.2) is 30.6 Å². The van der Waals surface area contributed by atoms with Crippen LogP contribution >= 0.6 is 0 Å². The quantitative estimate of drug-likeness (QED) is 0.256. The molecule has 1 N–H and O–H groups in total. The lowest BCUT2D eigenvalue weighted by molar-refractivity contribution is 0.0182. The average Bonchev–Trinajstić information content (AvgIpc) is 3.53. The first-order valence-electron chi connectivity index (χ1n) is 15.9. The first-order chi connectivity index (χ1) is 22.4. The molecule has 1 saturated heterocycles. The van der Waals surface area contributed by atoms with Crippen molar-refractivity contribution in [1.82, 2.24) is 24.5 Å². The number of likely N-dealkylation sites (tertiary alicyclic amines) is 1. The number of amides is 3. The normalized spacial score (nSPS) is 14.3. The van der Waals surface area contributed by atoms with Gasteiger partial charge < -0.3 is 24.4 Å². The molecule has 0 spiro atoms. The van der Waals surface area contributed by atoms with Gasteiger partial charge in [0.2, 0.25) is 0 Å². The first-order valence-corrected chi connectivity index (χ1v) is 15.9. The highest BCUT2D eigenvalue weighted by Crippen LogP contribution is 2.36. The van der Waals surface area contributed by atoms with E-state index >= 15 is 4.39 Å². The standard InChI is InChI=1S/C34H44FN7O6/c1-33(2,3)47-31(44)41-12-10-20(11-13-41)17-42(32(45)48-34(4,5)6)26-15-23(35)28(29-22(26)19-40(8)38-29)30(43)36-25-14-21-18-39(7)37-24(21)16-27(25)46-9/h14-16,18-20H,10-13,17H2,1-9H3,(H,36,43). The van der Waals surface area contributed by atoms with Crippen molar-refractivity contribution in [3.8, 4) is 5.75 Å². The number of halogens is 1. The maximum Gasteiger partial charge on any atom is 0.414 e. The van der Waals surface area contributed by atoms with Gasteiger partial charge in [-0.2, -0.15) is 10.2 Å². The third kappa shape index (κ3) is 7.63. The molecule has 0 unspecified atom stereocenters. The van der Waals surface area contributed by atoms with E-state index in [0.717, 1.165) is 5.39 Å². The highest BCUT2D eigenvalue weighted by Gasteiger charge is 2.33. The van der Waals surface area contributed by atoms with Crippen molar-refractivity contribution >= 4 is 51.3 Å². The number of aryl methyl sites for hydroxylation is 2. The molecular weight excluding hydrogens is 621 g/mol. The van der Waals surface area contributed by atoms with Crippen molar-refractivity contribution in [2.24, 2.45) is 20.0 Å². The van der Waals surface area contributed by atoms with E-state index in [1.54, 1.807) is 69.0 Å². The van der Waals surface area contributed by atoms with Crippen LogP contribution in [-0.4, -0.2) is 80.5 Å². The van der Waals surface area contributed by atoms with Gasteiger partial charge in [-0.25, -0.2) is 14.0 Å². The number of nitrogens with zero attached hydrogens (tertiary/aromatic N) is 6. The van der Waals surface area contributed by atoms with Gasteiger partial charge in [0.1, 0.15) is 33.8 Å². The van der Waals surface area contributed by atoms with Crippen LogP contribution in [0.2, 0.25) is 0 Å². The van der Waals surface area contributed by atoms with Gasteiger partial charge in [0.15, 0.2) is 0 Å². The molecular formula is C34H44FN7O6. The van der Waals surface area contributed by atoms with E-state index in [0.29, 0.717) is 48.3 Å². The van der Waals surface area contributed by atoms with Crippen molar-refractivity contribution in [3.05, 3.63) is 42.0 Å². The van der Waals surface area contributed by atoms with Crippen LogP contribution in [0.4, 0.5) is 25.4 Å². The summed E-state index contributed by atoms with van der Waals surface area (Å²) >= 11 is 0. The summed E-state index contributed by atoms with van der Waals surface area (Å²) in [5.74, 6) is -1.26. The van der Waals surface area contributed by atoms with Crippen LogP contribution in [0.5, 0.6) is 5.75 Å². The van der Waals surface area contributed by atoms with E-state index in [9.17, 15) is 14.4 Å². The highest BCUT2D eigenvalue weighted by atomic mass is 19.1. The molecule has 4 aromatic rings. The molecule has 0 bridgehead atoms. The zero-order valence-electron chi connectivity index (χ0n) is 29.0. The molecule has 14 heteroatoms. The number of hydrogen-bond donors (Lipinski definition) is 1. The Morgan fingerprint density at radius 1 is 0.958 bits per heavy atom. The van der Waals surface area contributed by atoms with Crippen LogP contribution in [0.3, 0.4) is 0 Å². The van der Waals surface area contributed by atoms with Gasteiger partial charge in [-0.05, 0) is 72.4 Å². The fourth-order valence-corrected chi connectivity index (χ4v) is 5.78. The number of ether oxygens (including phenoxy) is 3. The molecule has 3 amide bonds. The van der Waals surface area contributed by atoms with E-state index < -0.39 is 29.0 Å². The average molecular weight is 666 g/mol. The molecule has 0 aliphatic carbocycles. The van der Waals surface area contributed by atoms with Crippen LogP contribution in [0, 0.1) is 11.7 Å². The third-order valence-corrected chi connectivity index (χ3v) is 7.87. The zero-order chi connectivity index (χ0) is 35.1. The molecule has 0 saturated carbocycles. The Hall–Kier alpha value is -4.88. The Labute approximate surface area is 278 Å². The number of fused-ring (bicyclic) bond motifs is 2. The van der Waals surface area contributed by atoms with E-state index in [-0.39, 0.29) is 35.3 Å². The first kappa shape index (κ1) is 34.5. The second-order valence-electron chi connectivity index (χ2n) is 14.2. The van der Waals surface area contributed by atoms with Crippen molar-refractivity contribution < 1.29 is 33.0 Å². The lowest BCUT2D eigenvalue weighted by Gasteiger charge is -2.36. The Balaban J connectivity index is 1.47. The molecule has 1 fully saturated rings. The summed E-state index contributed by atoms with van der Waals surface area (Å²) in [4.78, 5) is 43.2. The molecule has 5 rings (SSSR count). The highest BCUT2D eigenvalue weighted by molar-refractivity contribution is 6.16. The van der Waals surface area contributed by atoms with Gasteiger partial charge in [-0.15, -0.1) is 0 Å². The second-order valence-corrected chi connectivity index (χ2v) is 14.2.